The standard InChI is InChI=1S/C15H25N3O2/c1-11(2)5-7-15(4,20)10-17-14(19)18-13-6-8-16-9-12(13)3/h6,8-9,11,20H,5,7,10H2,1-4H3,(H2,16,17,18,19). The minimum atomic E-state index is -0.880. The molecule has 0 aliphatic carbocycles. The number of carbonyl (C=O) groups is 1. The van der Waals surface area contributed by atoms with Crippen LogP contribution in [0.3, 0.4) is 0 Å². The van der Waals surface area contributed by atoms with Crippen LogP contribution in [-0.2, 0) is 0 Å². The minimum absolute atomic E-state index is 0.232. The lowest BCUT2D eigenvalue weighted by molar-refractivity contribution is 0.0481. The van der Waals surface area contributed by atoms with Gasteiger partial charge in [-0.15, -0.1) is 0 Å². The van der Waals surface area contributed by atoms with Crippen molar-refractivity contribution in [3.63, 3.8) is 0 Å². The molecule has 0 radical (unpaired) electrons. The molecule has 0 fully saturated rings. The number of rotatable bonds is 6. The smallest absolute Gasteiger partial charge is 0.319 e. The van der Waals surface area contributed by atoms with Crippen molar-refractivity contribution < 1.29 is 9.90 Å². The number of pyridine rings is 1. The molecule has 0 saturated heterocycles. The van der Waals surface area contributed by atoms with Crippen molar-refractivity contribution in [2.24, 2.45) is 5.92 Å². The van der Waals surface area contributed by atoms with E-state index in [1.165, 1.54) is 0 Å². The van der Waals surface area contributed by atoms with E-state index < -0.39 is 5.60 Å². The minimum Gasteiger partial charge on any atom is -0.388 e. The Morgan fingerprint density at radius 1 is 1.50 bits per heavy atom. The van der Waals surface area contributed by atoms with Crippen molar-refractivity contribution >= 4 is 11.7 Å². The number of aryl methyl sites for hydroxylation is 1. The highest BCUT2D eigenvalue weighted by molar-refractivity contribution is 5.89. The van der Waals surface area contributed by atoms with Gasteiger partial charge in [-0.3, -0.25) is 4.98 Å². The summed E-state index contributed by atoms with van der Waals surface area (Å²) in [6.07, 6.45) is 4.91. The van der Waals surface area contributed by atoms with Crippen LogP contribution in [0.1, 0.15) is 39.2 Å². The molecule has 0 spiro atoms. The third-order valence-corrected chi connectivity index (χ3v) is 3.16. The molecule has 1 heterocycles. The van der Waals surface area contributed by atoms with Gasteiger partial charge in [0.1, 0.15) is 0 Å². The summed E-state index contributed by atoms with van der Waals surface area (Å²) in [5.41, 5.74) is 0.739. The van der Waals surface area contributed by atoms with Crippen molar-refractivity contribution in [3.05, 3.63) is 24.0 Å². The van der Waals surface area contributed by atoms with Crippen LogP contribution in [0.25, 0.3) is 0 Å². The highest BCUT2D eigenvalue weighted by Crippen LogP contribution is 2.16. The van der Waals surface area contributed by atoms with Gasteiger partial charge in [-0.1, -0.05) is 13.8 Å². The van der Waals surface area contributed by atoms with Gasteiger partial charge >= 0.3 is 6.03 Å². The molecule has 1 aromatic rings. The molecule has 0 aliphatic heterocycles. The fraction of sp³-hybridized carbons (Fsp3) is 0.600. The number of nitrogens with zero attached hydrogens (tertiary/aromatic N) is 1. The number of aliphatic hydroxyl groups is 1. The van der Waals surface area contributed by atoms with Crippen LogP contribution in [0.2, 0.25) is 0 Å². The molecule has 0 saturated carbocycles. The van der Waals surface area contributed by atoms with Crippen molar-refractivity contribution in [3.8, 4) is 0 Å². The third-order valence-electron chi connectivity index (χ3n) is 3.16. The first-order valence-electron chi connectivity index (χ1n) is 6.98. The van der Waals surface area contributed by atoms with Gasteiger partial charge in [0.25, 0.3) is 0 Å². The summed E-state index contributed by atoms with van der Waals surface area (Å²) in [6, 6.07) is 1.43. The summed E-state index contributed by atoms with van der Waals surface area (Å²) in [5.74, 6) is 0.537. The van der Waals surface area contributed by atoms with E-state index in [1.807, 2.05) is 6.92 Å². The number of hydrogen-bond acceptors (Lipinski definition) is 3. The Kier molecular flexibility index (Phi) is 5.95. The largest absolute Gasteiger partial charge is 0.388 e. The van der Waals surface area contributed by atoms with E-state index in [1.54, 1.807) is 25.4 Å². The first-order chi connectivity index (χ1) is 9.30. The lowest BCUT2D eigenvalue weighted by Crippen LogP contribution is -2.42. The molecule has 112 valence electrons. The summed E-state index contributed by atoms with van der Waals surface area (Å²) in [6.45, 7) is 8.08. The fourth-order valence-corrected chi connectivity index (χ4v) is 1.74. The van der Waals surface area contributed by atoms with Gasteiger partial charge in [0, 0.05) is 24.6 Å². The molecule has 5 nitrogen and oxygen atoms in total. The van der Waals surface area contributed by atoms with E-state index in [-0.39, 0.29) is 12.6 Å². The molecule has 1 rings (SSSR count). The molecule has 1 atom stereocenters. The molecule has 20 heavy (non-hydrogen) atoms. The van der Waals surface area contributed by atoms with Gasteiger partial charge < -0.3 is 15.7 Å². The molecular weight excluding hydrogens is 254 g/mol. The van der Waals surface area contributed by atoms with E-state index >= 15 is 0 Å². The fourth-order valence-electron chi connectivity index (χ4n) is 1.74. The highest BCUT2D eigenvalue weighted by Gasteiger charge is 2.21. The Hall–Kier alpha value is -1.62. The molecule has 2 amide bonds. The normalized spacial score (nSPS) is 13.9. The molecule has 3 N–H and O–H groups in total. The van der Waals surface area contributed by atoms with Crippen LogP contribution in [0.4, 0.5) is 10.5 Å². The molecular formula is C15H25N3O2. The molecule has 1 unspecified atom stereocenters. The van der Waals surface area contributed by atoms with Crippen LogP contribution >= 0.6 is 0 Å². The SMILES string of the molecule is Cc1cnccc1NC(=O)NCC(C)(O)CCC(C)C. The second kappa shape index (κ2) is 7.24. The van der Waals surface area contributed by atoms with E-state index in [4.69, 9.17) is 0 Å². The van der Waals surface area contributed by atoms with Crippen LogP contribution < -0.4 is 10.6 Å². The second-order valence-corrected chi connectivity index (χ2v) is 5.93. The van der Waals surface area contributed by atoms with Gasteiger partial charge in [-0.05, 0) is 44.2 Å². The Bertz CT molecular complexity index is 444. The average Bonchev–Trinajstić information content (AvgIpc) is 2.37. The molecule has 0 aliphatic rings. The zero-order valence-corrected chi connectivity index (χ0v) is 12.7. The van der Waals surface area contributed by atoms with E-state index in [9.17, 15) is 9.90 Å². The first kappa shape index (κ1) is 16.4. The zero-order chi connectivity index (χ0) is 15.2. The number of carbonyl (C=O) groups excluding carboxylic acids is 1. The molecule has 1 aromatic heterocycles. The van der Waals surface area contributed by atoms with Gasteiger partial charge in [0.05, 0.1) is 5.60 Å². The van der Waals surface area contributed by atoms with Crippen LogP contribution in [0.15, 0.2) is 18.5 Å². The Morgan fingerprint density at radius 3 is 2.80 bits per heavy atom. The summed E-state index contributed by atoms with van der Waals surface area (Å²) >= 11 is 0. The Balaban J connectivity index is 2.41. The lowest BCUT2D eigenvalue weighted by atomic mass is 9.95. The molecule has 5 heteroatoms. The van der Waals surface area contributed by atoms with Crippen molar-refractivity contribution in [2.45, 2.75) is 46.1 Å². The van der Waals surface area contributed by atoms with E-state index in [0.717, 1.165) is 17.7 Å². The summed E-state index contributed by atoms with van der Waals surface area (Å²) in [7, 11) is 0. The van der Waals surface area contributed by atoms with Crippen LogP contribution in [0.5, 0.6) is 0 Å². The van der Waals surface area contributed by atoms with Gasteiger partial charge in [-0.25, -0.2) is 4.79 Å². The maximum atomic E-state index is 11.8. The lowest BCUT2D eigenvalue weighted by Gasteiger charge is -2.24. The number of hydrogen-bond donors (Lipinski definition) is 3. The Morgan fingerprint density at radius 2 is 2.20 bits per heavy atom. The number of anilines is 1. The molecule has 0 aromatic carbocycles. The predicted octanol–water partition coefficient (Wildman–Crippen LogP) is 2.70. The molecule has 0 bridgehead atoms. The highest BCUT2D eigenvalue weighted by atomic mass is 16.3. The summed E-state index contributed by atoms with van der Waals surface area (Å²) < 4.78 is 0. The maximum Gasteiger partial charge on any atom is 0.319 e. The summed E-state index contributed by atoms with van der Waals surface area (Å²) in [4.78, 5) is 15.8. The van der Waals surface area contributed by atoms with Crippen LogP contribution in [-0.4, -0.2) is 28.3 Å². The Labute approximate surface area is 120 Å². The van der Waals surface area contributed by atoms with Crippen LogP contribution in [0, 0.1) is 12.8 Å². The number of amides is 2. The number of urea groups is 1. The van der Waals surface area contributed by atoms with E-state index in [2.05, 4.69) is 29.5 Å². The van der Waals surface area contributed by atoms with Crippen molar-refractivity contribution in [1.29, 1.82) is 0 Å². The van der Waals surface area contributed by atoms with Gasteiger partial charge in [0.2, 0.25) is 0 Å². The number of aromatic nitrogens is 1. The third kappa shape index (κ3) is 6.02. The quantitative estimate of drug-likeness (QED) is 0.749. The topological polar surface area (TPSA) is 74.2 Å². The second-order valence-electron chi connectivity index (χ2n) is 5.93. The van der Waals surface area contributed by atoms with E-state index in [0.29, 0.717) is 12.3 Å². The maximum absolute atomic E-state index is 11.8. The summed E-state index contributed by atoms with van der Waals surface area (Å²) in [5, 5.41) is 15.6. The predicted molar refractivity (Wildman–Crippen MR) is 80.7 cm³/mol. The first-order valence-corrected chi connectivity index (χ1v) is 6.98. The van der Waals surface area contributed by atoms with Gasteiger partial charge in [-0.2, -0.15) is 0 Å². The zero-order valence-electron chi connectivity index (χ0n) is 12.7. The average molecular weight is 279 g/mol. The van der Waals surface area contributed by atoms with Crippen molar-refractivity contribution in [2.75, 3.05) is 11.9 Å². The monoisotopic (exact) mass is 279 g/mol. The number of nitrogens with one attached hydrogen (secondary N) is 2. The van der Waals surface area contributed by atoms with Crippen molar-refractivity contribution in [1.82, 2.24) is 10.3 Å². The van der Waals surface area contributed by atoms with Gasteiger partial charge in [0.15, 0.2) is 0 Å².